The molecule has 1 aliphatic rings. The van der Waals surface area contributed by atoms with E-state index in [1.165, 1.54) is 0 Å². The fourth-order valence-corrected chi connectivity index (χ4v) is 3.28. The van der Waals surface area contributed by atoms with E-state index in [4.69, 9.17) is 11.6 Å². The summed E-state index contributed by atoms with van der Waals surface area (Å²) < 4.78 is 0. The van der Waals surface area contributed by atoms with E-state index in [1.807, 2.05) is 54.6 Å². The molecule has 1 aliphatic carbocycles. The minimum atomic E-state index is -0.322. The van der Waals surface area contributed by atoms with E-state index in [1.54, 1.807) is 12.1 Å². The van der Waals surface area contributed by atoms with Crippen LogP contribution in [0.15, 0.2) is 77.5 Å². The van der Waals surface area contributed by atoms with Crippen LogP contribution < -0.4 is 5.32 Å². The highest BCUT2D eigenvalue weighted by Crippen LogP contribution is 2.30. The van der Waals surface area contributed by atoms with Gasteiger partial charge in [-0.15, -0.1) is 0 Å². The Kier molecular flexibility index (Phi) is 3.86. The molecule has 3 aromatic rings. The molecule has 0 saturated heterocycles. The number of carbonyl (C=O) groups excluding carboxylic acids is 2. The van der Waals surface area contributed by atoms with Crippen LogP contribution in [0.3, 0.4) is 0 Å². The van der Waals surface area contributed by atoms with Gasteiger partial charge in [0.1, 0.15) is 10.7 Å². The van der Waals surface area contributed by atoms with Crippen LogP contribution in [0.2, 0.25) is 0 Å². The predicted molar refractivity (Wildman–Crippen MR) is 98.8 cm³/mol. The van der Waals surface area contributed by atoms with Crippen molar-refractivity contribution in [2.45, 2.75) is 6.54 Å². The number of hydrogen-bond acceptors (Lipinski definition) is 3. The van der Waals surface area contributed by atoms with Crippen LogP contribution >= 0.6 is 11.6 Å². The molecule has 1 N–H and O–H groups in total. The second-order valence-electron chi connectivity index (χ2n) is 5.93. The normalized spacial score (nSPS) is 14.0. The van der Waals surface area contributed by atoms with Crippen molar-refractivity contribution >= 4 is 33.9 Å². The number of carbonyl (C=O) groups is 2. The molecular weight excluding hydrogens is 334 g/mol. The monoisotopic (exact) mass is 347 g/mol. The molecule has 4 rings (SSSR count). The summed E-state index contributed by atoms with van der Waals surface area (Å²) >= 11 is 6.22. The molecule has 0 spiro atoms. The summed E-state index contributed by atoms with van der Waals surface area (Å²) in [5.41, 5.74) is 1.92. The number of halogens is 1. The zero-order valence-corrected chi connectivity index (χ0v) is 14.0. The Labute approximate surface area is 149 Å². The highest BCUT2D eigenvalue weighted by molar-refractivity contribution is 6.50. The van der Waals surface area contributed by atoms with E-state index in [-0.39, 0.29) is 22.3 Å². The summed E-state index contributed by atoms with van der Waals surface area (Å²) in [5.74, 6) is -0.570. The number of rotatable bonds is 3. The van der Waals surface area contributed by atoms with Crippen molar-refractivity contribution < 1.29 is 9.59 Å². The first-order chi connectivity index (χ1) is 12.1. The Morgan fingerprint density at radius 3 is 1.96 bits per heavy atom. The average Bonchev–Trinajstić information content (AvgIpc) is 2.66. The van der Waals surface area contributed by atoms with E-state index in [9.17, 15) is 9.59 Å². The Morgan fingerprint density at radius 1 is 0.760 bits per heavy atom. The Morgan fingerprint density at radius 2 is 1.32 bits per heavy atom. The maximum atomic E-state index is 12.9. The molecule has 0 amide bonds. The predicted octanol–water partition coefficient (Wildman–Crippen LogP) is 4.46. The highest BCUT2D eigenvalue weighted by atomic mass is 35.5. The van der Waals surface area contributed by atoms with Crippen LogP contribution in [-0.2, 0) is 6.54 Å². The molecule has 0 radical (unpaired) electrons. The number of allylic oxidation sites excluding steroid dienone is 2. The lowest BCUT2D eigenvalue weighted by molar-refractivity contribution is 0.0974. The van der Waals surface area contributed by atoms with Gasteiger partial charge in [0.05, 0.1) is 0 Å². The van der Waals surface area contributed by atoms with Gasteiger partial charge in [-0.3, -0.25) is 9.59 Å². The minimum Gasteiger partial charge on any atom is -0.376 e. The second-order valence-corrected chi connectivity index (χ2v) is 6.31. The molecular formula is C21H14ClNO2. The second kappa shape index (κ2) is 6.19. The van der Waals surface area contributed by atoms with Crippen molar-refractivity contribution in [3.63, 3.8) is 0 Å². The van der Waals surface area contributed by atoms with E-state index in [2.05, 4.69) is 5.32 Å². The Balaban J connectivity index is 1.73. The van der Waals surface area contributed by atoms with Gasteiger partial charge in [-0.05, 0) is 28.5 Å². The number of fused-ring (bicyclic) bond motifs is 2. The van der Waals surface area contributed by atoms with Crippen molar-refractivity contribution in [3.05, 3.63) is 94.1 Å². The van der Waals surface area contributed by atoms with Gasteiger partial charge in [-0.2, -0.15) is 0 Å². The third-order valence-electron chi connectivity index (χ3n) is 4.33. The molecule has 0 bridgehead atoms. The fraction of sp³-hybridized carbons (Fsp3) is 0.0476. The van der Waals surface area contributed by atoms with E-state index in [0.717, 1.165) is 16.3 Å². The summed E-state index contributed by atoms with van der Waals surface area (Å²) in [6.45, 7) is 0.425. The quantitative estimate of drug-likeness (QED) is 0.761. The number of hydrogen-bond donors (Lipinski definition) is 1. The average molecular weight is 348 g/mol. The fourth-order valence-electron chi connectivity index (χ4n) is 3.03. The zero-order valence-electron chi connectivity index (χ0n) is 13.3. The maximum absolute atomic E-state index is 12.9. The summed E-state index contributed by atoms with van der Waals surface area (Å²) in [6.07, 6.45) is 0. The molecule has 25 heavy (non-hydrogen) atoms. The van der Waals surface area contributed by atoms with E-state index in [0.29, 0.717) is 17.7 Å². The molecule has 0 unspecified atom stereocenters. The summed E-state index contributed by atoms with van der Waals surface area (Å²) in [4.78, 5) is 25.5. The Bertz CT molecular complexity index is 1040. The van der Waals surface area contributed by atoms with E-state index < -0.39 is 0 Å². The Hall–Kier alpha value is -2.91. The first-order valence-corrected chi connectivity index (χ1v) is 8.33. The summed E-state index contributed by atoms with van der Waals surface area (Å²) in [5, 5.41) is 4.81. The molecule has 0 fully saturated rings. The highest BCUT2D eigenvalue weighted by Gasteiger charge is 2.31. The van der Waals surface area contributed by atoms with Gasteiger partial charge in [0.15, 0.2) is 0 Å². The topological polar surface area (TPSA) is 46.2 Å². The third kappa shape index (κ3) is 2.73. The molecule has 3 aromatic carbocycles. The minimum absolute atomic E-state index is 0.0521. The van der Waals surface area contributed by atoms with Gasteiger partial charge in [-0.25, -0.2) is 0 Å². The van der Waals surface area contributed by atoms with Gasteiger partial charge in [0.2, 0.25) is 11.6 Å². The van der Waals surface area contributed by atoms with Crippen molar-refractivity contribution in [3.8, 4) is 0 Å². The molecule has 122 valence electrons. The van der Waals surface area contributed by atoms with Gasteiger partial charge < -0.3 is 5.32 Å². The van der Waals surface area contributed by atoms with Crippen LogP contribution in [-0.4, -0.2) is 11.6 Å². The van der Waals surface area contributed by atoms with Crippen LogP contribution in [0, 0.1) is 0 Å². The van der Waals surface area contributed by atoms with Gasteiger partial charge in [0, 0.05) is 17.7 Å². The first kappa shape index (κ1) is 15.6. The largest absolute Gasteiger partial charge is 0.376 e. The smallest absolute Gasteiger partial charge is 0.211 e. The first-order valence-electron chi connectivity index (χ1n) is 7.95. The molecule has 3 nitrogen and oxygen atoms in total. The molecule has 0 heterocycles. The van der Waals surface area contributed by atoms with Crippen LogP contribution in [0.4, 0.5) is 0 Å². The summed E-state index contributed by atoms with van der Waals surface area (Å²) in [6, 6.07) is 20.8. The lowest BCUT2D eigenvalue weighted by Crippen LogP contribution is -2.28. The van der Waals surface area contributed by atoms with E-state index >= 15 is 0 Å². The molecule has 4 heteroatoms. The number of ketones is 2. The van der Waals surface area contributed by atoms with Crippen LogP contribution in [0.25, 0.3) is 10.8 Å². The van der Waals surface area contributed by atoms with Gasteiger partial charge in [-0.1, -0.05) is 66.2 Å². The van der Waals surface area contributed by atoms with Gasteiger partial charge in [0.25, 0.3) is 0 Å². The van der Waals surface area contributed by atoms with Crippen molar-refractivity contribution in [2.24, 2.45) is 0 Å². The standard InChI is InChI=1S/C21H14ClNO2/c22-18-19(23-12-13-6-2-1-3-7-13)21(25)17-11-15-9-5-4-8-14(15)10-16(17)20(18)24/h1-11,23H,12H2. The van der Waals surface area contributed by atoms with Crippen molar-refractivity contribution in [1.82, 2.24) is 5.32 Å². The van der Waals surface area contributed by atoms with Gasteiger partial charge >= 0.3 is 0 Å². The number of nitrogens with one attached hydrogen (secondary N) is 1. The molecule has 0 atom stereocenters. The van der Waals surface area contributed by atoms with Crippen molar-refractivity contribution in [2.75, 3.05) is 0 Å². The molecule has 0 aliphatic heterocycles. The number of benzene rings is 3. The molecule has 0 saturated carbocycles. The molecule has 0 aromatic heterocycles. The lowest BCUT2D eigenvalue weighted by atomic mass is 9.89. The third-order valence-corrected chi connectivity index (χ3v) is 4.69. The van der Waals surface area contributed by atoms with Crippen LogP contribution in [0.1, 0.15) is 26.3 Å². The van der Waals surface area contributed by atoms with Crippen molar-refractivity contribution in [1.29, 1.82) is 0 Å². The number of Topliss-reactive ketones (excluding diaryl/α,β-unsaturated/α-hetero) is 2. The SMILES string of the molecule is O=C1C(Cl)=C(NCc2ccccc2)C(=O)c2cc3ccccc3cc21. The maximum Gasteiger partial charge on any atom is 0.211 e. The summed E-state index contributed by atoms with van der Waals surface area (Å²) in [7, 11) is 0. The zero-order chi connectivity index (χ0) is 17.4. The lowest BCUT2D eigenvalue weighted by Gasteiger charge is -2.19. The van der Waals surface area contributed by atoms with Crippen LogP contribution in [0.5, 0.6) is 0 Å².